The number of carboxylic acid groups (broad SMARTS) is 1. The molecule has 2 rings (SSSR count). The smallest absolute Gasteiger partial charge is 0.307 e. The number of fused-ring (bicyclic) bond motifs is 1. The number of ether oxygens (including phenoxy) is 1. The first kappa shape index (κ1) is 13.0. The molecular formula is C14H13NO4. The van der Waals surface area contributed by atoms with Crippen molar-refractivity contribution in [3.05, 3.63) is 24.3 Å². The number of nitrogens with zero attached hydrogens (tertiary/aromatic N) is 1. The van der Waals surface area contributed by atoms with Crippen LogP contribution in [0, 0.1) is 11.8 Å². The first-order valence-corrected chi connectivity index (χ1v) is 5.82. The number of carbonyl (C=O) groups excluding carboxylic acids is 1. The lowest BCUT2D eigenvalue weighted by Crippen LogP contribution is -2.47. The summed E-state index contributed by atoms with van der Waals surface area (Å²) in [6.07, 6.45) is -1.35. The second-order valence-electron chi connectivity index (χ2n) is 4.02. The second-order valence-corrected chi connectivity index (χ2v) is 4.02. The third-order valence-electron chi connectivity index (χ3n) is 2.74. The summed E-state index contributed by atoms with van der Waals surface area (Å²) < 4.78 is 5.45. The number of carboxylic acids is 1. The van der Waals surface area contributed by atoms with Gasteiger partial charge in [0.05, 0.1) is 18.7 Å². The molecular weight excluding hydrogens is 246 g/mol. The van der Waals surface area contributed by atoms with Gasteiger partial charge in [0, 0.05) is 0 Å². The maximum Gasteiger partial charge on any atom is 0.307 e. The van der Waals surface area contributed by atoms with E-state index in [4.69, 9.17) is 9.84 Å². The van der Waals surface area contributed by atoms with E-state index in [-0.39, 0.29) is 18.9 Å². The van der Waals surface area contributed by atoms with Gasteiger partial charge in [0.25, 0.3) is 5.91 Å². The van der Waals surface area contributed by atoms with Gasteiger partial charge < -0.3 is 9.84 Å². The van der Waals surface area contributed by atoms with Crippen molar-refractivity contribution >= 4 is 17.6 Å². The van der Waals surface area contributed by atoms with Crippen LogP contribution in [0.25, 0.3) is 0 Å². The van der Waals surface area contributed by atoms with Gasteiger partial charge in [-0.3, -0.25) is 14.5 Å². The van der Waals surface area contributed by atoms with E-state index in [2.05, 4.69) is 11.8 Å². The van der Waals surface area contributed by atoms with Crippen molar-refractivity contribution in [1.29, 1.82) is 0 Å². The van der Waals surface area contributed by atoms with E-state index in [1.807, 2.05) is 0 Å². The summed E-state index contributed by atoms with van der Waals surface area (Å²) in [5, 5.41) is 8.82. The third kappa shape index (κ3) is 2.68. The Bertz CT molecular complexity index is 570. The molecule has 0 saturated carbocycles. The van der Waals surface area contributed by atoms with Crippen molar-refractivity contribution in [3.63, 3.8) is 0 Å². The molecule has 0 bridgehead atoms. The highest BCUT2D eigenvalue weighted by Crippen LogP contribution is 2.34. The van der Waals surface area contributed by atoms with Gasteiger partial charge in [-0.05, 0) is 19.1 Å². The molecule has 1 heterocycles. The van der Waals surface area contributed by atoms with Crippen molar-refractivity contribution < 1.29 is 19.4 Å². The average molecular weight is 259 g/mol. The van der Waals surface area contributed by atoms with E-state index in [0.717, 1.165) is 0 Å². The predicted octanol–water partition coefficient (Wildman–Crippen LogP) is 1.28. The van der Waals surface area contributed by atoms with Crippen molar-refractivity contribution in [2.45, 2.75) is 19.4 Å². The molecule has 1 unspecified atom stereocenters. The summed E-state index contributed by atoms with van der Waals surface area (Å²) in [7, 11) is 0. The number of rotatable bonds is 3. The SMILES string of the molecule is CC#CCN1C(=O)C(CC(=O)O)Oc2ccccc21. The van der Waals surface area contributed by atoms with Crippen LogP contribution in [-0.2, 0) is 9.59 Å². The topological polar surface area (TPSA) is 66.8 Å². The van der Waals surface area contributed by atoms with Gasteiger partial charge in [0.15, 0.2) is 6.10 Å². The molecule has 0 spiro atoms. The van der Waals surface area contributed by atoms with Crippen LogP contribution in [0.4, 0.5) is 5.69 Å². The van der Waals surface area contributed by atoms with Gasteiger partial charge in [0.1, 0.15) is 5.75 Å². The van der Waals surface area contributed by atoms with E-state index in [1.54, 1.807) is 31.2 Å². The first-order valence-electron chi connectivity index (χ1n) is 5.82. The Labute approximate surface area is 110 Å². The first-order chi connectivity index (χ1) is 9.13. The van der Waals surface area contributed by atoms with Gasteiger partial charge in [-0.15, -0.1) is 5.92 Å². The molecule has 1 aliphatic heterocycles. The van der Waals surface area contributed by atoms with Crippen molar-refractivity contribution in [2.24, 2.45) is 0 Å². The minimum Gasteiger partial charge on any atom is -0.481 e. The van der Waals surface area contributed by atoms with Crippen molar-refractivity contribution in [3.8, 4) is 17.6 Å². The fourth-order valence-corrected chi connectivity index (χ4v) is 1.88. The molecule has 1 N–H and O–H groups in total. The minimum atomic E-state index is -1.07. The molecule has 1 amide bonds. The summed E-state index contributed by atoms with van der Waals surface area (Å²) in [5.74, 6) is 4.60. The van der Waals surface area contributed by atoms with E-state index < -0.39 is 12.1 Å². The van der Waals surface area contributed by atoms with Crippen LogP contribution in [0.5, 0.6) is 5.75 Å². The average Bonchev–Trinajstić information content (AvgIpc) is 2.38. The van der Waals surface area contributed by atoms with E-state index >= 15 is 0 Å². The van der Waals surface area contributed by atoms with Gasteiger partial charge in [0.2, 0.25) is 0 Å². The quantitative estimate of drug-likeness (QED) is 0.830. The van der Waals surface area contributed by atoms with Crippen LogP contribution in [-0.4, -0.2) is 29.6 Å². The lowest BCUT2D eigenvalue weighted by molar-refractivity contribution is -0.142. The van der Waals surface area contributed by atoms with E-state index in [9.17, 15) is 9.59 Å². The van der Waals surface area contributed by atoms with Crippen molar-refractivity contribution in [1.82, 2.24) is 0 Å². The maximum atomic E-state index is 12.2. The number of para-hydroxylation sites is 2. The zero-order valence-electron chi connectivity index (χ0n) is 10.4. The third-order valence-corrected chi connectivity index (χ3v) is 2.74. The monoisotopic (exact) mass is 259 g/mol. The lowest BCUT2D eigenvalue weighted by Gasteiger charge is -2.32. The zero-order chi connectivity index (χ0) is 13.8. The molecule has 5 nitrogen and oxygen atoms in total. The molecule has 0 aliphatic carbocycles. The second kappa shape index (κ2) is 5.44. The predicted molar refractivity (Wildman–Crippen MR) is 68.9 cm³/mol. The molecule has 1 aromatic carbocycles. The summed E-state index contributed by atoms with van der Waals surface area (Å²) in [6.45, 7) is 1.91. The number of benzene rings is 1. The fraction of sp³-hybridized carbons (Fsp3) is 0.286. The standard InChI is InChI=1S/C14H13NO4/c1-2-3-8-15-10-6-4-5-7-11(10)19-12(14(15)18)9-13(16)17/h4-7,12H,8-9H2,1H3,(H,16,17). The number of amides is 1. The van der Waals surface area contributed by atoms with Crippen LogP contribution < -0.4 is 9.64 Å². The number of aliphatic carboxylic acids is 1. The highest BCUT2D eigenvalue weighted by Gasteiger charge is 2.35. The summed E-state index contributed by atoms with van der Waals surface area (Å²) in [6, 6.07) is 7.03. The molecule has 1 aromatic rings. The lowest BCUT2D eigenvalue weighted by atomic mass is 10.1. The highest BCUT2D eigenvalue weighted by molar-refractivity contribution is 6.01. The van der Waals surface area contributed by atoms with Crippen LogP contribution in [0.3, 0.4) is 0 Å². The van der Waals surface area contributed by atoms with Gasteiger partial charge in [-0.1, -0.05) is 18.1 Å². The highest BCUT2D eigenvalue weighted by atomic mass is 16.5. The van der Waals surface area contributed by atoms with Crippen LogP contribution in [0.15, 0.2) is 24.3 Å². The molecule has 0 fully saturated rings. The van der Waals surface area contributed by atoms with Crippen molar-refractivity contribution in [2.75, 3.05) is 11.4 Å². The Morgan fingerprint density at radius 1 is 1.47 bits per heavy atom. The number of carbonyl (C=O) groups is 2. The van der Waals surface area contributed by atoms with E-state index in [1.165, 1.54) is 4.90 Å². The Kier molecular flexibility index (Phi) is 3.71. The zero-order valence-corrected chi connectivity index (χ0v) is 10.4. The van der Waals surface area contributed by atoms with Gasteiger partial charge in [-0.25, -0.2) is 0 Å². The van der Waals surface area contributed by atoms with Gasteiger partial charge >= 0.3 is 5.97 Å². The molecule has 0 aromatic heterocycles. The fourth-order valence-electron chi connectivity index (χ4n) is 1.88. The van der Waals surface area contributed by atoms with Crippen LogP contribution in [0.2, 0.25) is 0 Å². The minimum absolute atomic E-state index is 0.228. The number of hydrogen-bond donors (Lipinski definition) is 1. The Morgan fingerprint density at radius 2 is 2.21 bits per heavy atom. The summed E-state index contributed by atoms with van der Waals surface area (Å²) in [4.78, 5) is 24.4. The molecule has 1 aliphatic rings. The van der Waals surface area contributed by atoms with Crippen LogP contribution in [0.1, 0.15) is 13.3 Å². The Morgan fingerprint density at radius 3 is 2.89 bits per heavy atom. The normalized spacial score (nSPS) is 17.0. The molecule has 98 valence electrons. The number of anilines is 1. The Hall–Kier alpha value is -2.48. The molecule has 0 radical (unpaired) electrons. The molecule has 5 heteroatoms. The molecule has 19 heavy (non-hydrogen) atoms. The van der Waals surface area contributed by atoms with Crippen LogP contribution >= 0.6 is 0 Å². The maximum absolute atomic E-state index is 12.2. The Balaban J connectivity index is 2.35. The summed E-state index contributed by atoms with van der Waals surface area (Å²) >= 11 is 0. The van der Waals surface area contributed by atoms with Gasteiger partial charge in [-0.2, -0.15) is 0 Å². The summed E-state index contributed by atoms with van der Waals surface area (Å²) in [5.41, 5.74) is 0.622. The largest absolute Gasteiger partial charge is 0.481 e. The molecule has 1 atom stereocenters. The number of hydrogen-bond acceptors (Lipinski definition) is 3. The molecule has 0 saturated heterocycles. The van der Waals surface area contributed by atoms with E-state index in [0.29, 0.717) is 11.4 Å².